The summed E-state index contributed by atoms with van der Waals surface area (Å²) in [5, 5.41) is 0. The lowest BCUT2D eigenvalue weighted by Gasteiger charge is -2.40. The number of para-hydroxylation sites is 2. The number of piperazine rings is 1. The van der Waals surface area contributed by atoms with Crippen LogP contribution in [-0.4, -0.2) is 68.0 Å². The van der Waals surface area contributed by atoms with Crippen LogP contribution in [0.4, 0.5) is 5.69 Å². The zero-order chi connectivity index (χ0) is 21.1. The van der Waals surface area contributed by atoms with Gasteiger partial charge in [-0.15, -0.1) is 0 Å². The highest BCUT2D eigenvalue weighted by Crippen LogP contribution is 2.29. The van der Waals surface area contributed by atoms with Gasteiger partial charge in [-0.3, -0.25) is 9.59 Å². The van der Waals surface area contributed by atoms with Crippen LogP contribution in [0.5, 0.6) is 5.75 Å². The maximum absolute atomic E-state index is 13.2. The summed E-state index contributed by atoms with van der Waals surface area (Å²) in [4.78, 5) is 32.0. The van der Waals surface area contributed by atoms with E-state index >= 15 is 0 Å². The fourth-order valence-corrected chi connectivity index (χ4v) is 4.46. The van der Waals surface area contributed by atoms with Gasteiger partial charge in [0.15, 0.2) is 0 Å². The molecule has 0 saturated carbocycles. The van der Waals surface area contributed by atoms with Gasteiger partial charge in [-0.25, -0.2) is 0 Å². The molecule has 0 bridgehead atoms. The third-order valence-corrected chi connectivity index (χ3v) is 6.16. The molecule has 2 amide bonds. The Bertz CT molecular complexity index is 901. The van der Waals surface area contributed by atoms with E-state index in [1.807, 2.05) is 23.1 Å². The summed E-state index contributed by atoms with van der Waals surface area (Å²) >= 11 is 0. The number of rotatable bonds is 4. The number of hydrogen-bond donors (Lipinski definition) is 0. The summed E-state index contributed by atoms with van der Waals surface area (Å²) < 4.78 is 10.7. The first-order chi connectivity index (χ1) is 14.6. The molecule has 4 rings (SSSR count). The fraction of sp³-hybridized carbons (Fsp3) is 0.478. The first-order valence-electron chi connectivity index (χ1n) is 10.6. The number of likely N-dealkylation sites (tertiary alicyclic amines) is 1. The number of ether oxygens (including phenoxy) is 1. The van der Waals surface area contributed by atoms with Crippen LogP contribution in [0.15, 0.2) is 41.0 Å². The van der Waals surface area contributed by atoms with E-state index in [0.29, 0.717) is 37.5 Å². The van der Waals surface area contributed by atoms with Crippen molar-refractivity contribution in [2.45, 2.75) is 19.8 Å². The number of hydrogen-bond acceptors (Lipinski definition) is 5. The zero-order valence-electron chi connectivity index (χ0n) is 17.7. The third kappa shape index (κ3) is 4.01. The van der Waals surface area contributed by atoms with E-state index in [9.17, 15) is 9.59 Å². The molecular formula is C23H29N3O4. The number of piperidine rings is 1. The average molecular weight is 412 g/mol. The summed E-state index contributed by atoms with van der Waals surface area (Å²) in [5.74, 6) is 1.47. The minimum absolute atomic E-state index is 0.0419. The number of aryl methyl sites for hydroxylation is 1. The molecule has 2 saturated heterocycles. The molecule has 30 heavy (non-hydrogen) atoms. The Hall–Kier alpha value is -2.96. The molecule has 7 nitrogen and oxygen atoms in total. The predicted molar refractivity (Wildman–Crippen MR) is 114 cm³/mol. The van der Waals surface area contributed by atoms with Crippen LogP contribution in [0.1, 0.15) is 29.0 Å². The van der Waals surface area contributed by atoms with Gasteiger partial charge in [0.05, 0.1) is 30.5 Å². The number of carbonyl (C=O) groups excluding carboxylic acids is 2. The van der Waals surface area contributed by atoms with Gasteiger partial charge in [-0.05, 0) is 38.0 Å². The van der Waals surface area contributed by atoms with Gasteiger partial charge in [0.2, 0.25) is 5.91 Å². The van der Waals surface area contributed by atoms with E-state index in [0.717, 1.165) is 37.4 Å². The average Bonchev–Trinajstić information content (AvgIpc) is 3.24. The van der Waals surface area contributed by atoms with Crippen LogP contribution in [0.3, 0.4) is 0 Å². The van der Waals surface area contributed by atoms with Crippen molar-refractivity contribution in [3.63, 3.8) is 0 Å². The van der Waals surface area contributed by atoms with Crippen LogP contribution in [-0.2, 0) is 4.79 Å². The number of methoxy groups -OCH3 is 1. The van der Waals surface area contributed by atoms with Crippen molar-refractivity contribution in [2.24, 2.45) is 5.92 Å². The molecule has 3 heterocycles. The summed E-state index contributed by atoms with van der Waals surface area (Å²) in [6.45, 7) is 5.88. The van der Waals surface area contributed by atoms with Gasteiger partial charge in [-0.1, -0.05) is 12.1 Å². The molecule has 0 spiro atoms. The van der Waals surface area contributed by atoms with E-state index in [1.54, 1.807) is 25.0 Å². The molecule has 0 radical (unpaired) electrons. The summed E-state index contributed by atoms with van der Waals surface area (Å²) in [5.41, 5.74) is 1.66. The second kappa shape index (κ2) is 8.81. The summed E-state index contributed by atoms with van der Waals surface area (Å²) in [7, 11) is 1.68. The minimum atomic E-state index is -0.132. The smallest absolute Gasteiger partial charge is 0.257 e. The van der Waals surface area contributed by atoms with E-state index in [2.05, 4.69) is 11.0 Å². The van der Waals surface area contributed by atoms with Gasteiger partial charge in [0.1, 0.15) is 11.5 Å². The van der Waals surface area contributed by atoms with E-state index in [1.165, 1.54) is 6.26 Å². The molecular weight excluding hydrogens is 382 g/mol. The molecule has 2 fully saturated rings. The highest BCUT2D eigenvalue weighted by Gasteiger charge is 2.33. The lowest BCUT2D eigenvalue weighted by molar-refractivity contribution is -0.137. The van der Waals surface area contributed by atoms with Crippen LogP contribution >= 0.6 is 0 Å². The van der Waals surface area contributed by atoms with Crippen molar-refractivity contribution >= 4 is 17.5 Å². The van der Waals surface area contributed by atoms with Crippen molar-refractivity contribution < 1.29 is 18.7 Å². The monoisotopic (exact) mass is 411 g/mol. The van der Waals surface area contributed by atoms with Crippen molar-refractivity contribution in [1.29, 1.82) is 0 Å². The molecule has 1 aromatic carbocycles. The van der Waals surface area contributed by atoms with Crippen LogP contribution < -0.4 is 9.64 Å². The van der Waals surface area contributed by atoms with E-state index in [-0.39, 0.29) is 17.7 Å². The quantitative estimate of drug-likeness (QED) is 0.774. The number of anilines is 1. The molecule has 2 aromatic rings. The molecule has 2 aliphatic heterocycles. The lowest BCUT2D eigenvalue weighted by Crippen LogP contribution is -2.53. The largest absolute Gasteiger partial charge is 0.495 e. The topological polar surface area (TPSA) is 66.2 Å². The van der Waals surface area contributed by atoms with Crippen molar-refractivity contribution in [1.82, 2.24) is 9.80 Å². The molecule has 2 aliphatic rings. The van der Waals surface area contributed by atoms with Crippen molar-refractivity contribution in [2.75, 3.05) is 51.3 Å². The highest BCUT2D eigenvalue weighted by molar-refractivity contribution is 5.95. The summed E-state index contributed by atoms with van der Waals surface area (Å²) in [6, 6.07) is 9.69. The van der Waals surface area contributed by atoms with E-state index < -0.39 is 0 Å². The van der Waals surface area contributed by atoms with Gasteiger partial charge >= 0.3 is 0 Å². The predicted octanol–water partition coefficient (Wildman–Crippen LogP) is 2.80. The normalized spacial score (nSPS) is 19.7. The van der Waals surface area contributed by atoms with Gasteiger partial charge in [0, 0.05) is 39.3 Å². The maximum atomic E-state index is 13.2. The first-order valence-corrected chi connectivity index (χ1v) is 10.6. The zero-order valence-corrected chi connectivity index (χ0v) is 17.7. The lowest BCUT2D eigenvalue weighted by atomic mass is 9.95. The van der Waals surface area contributed by atoms with Crippen molar-refractivity contribution in [3.8, 4) is 5.75 Å². The Labute approximate surface area is 177 Å². The second-order valence-electron chi connectivity index (χ2n) is 7.96. The van der Waals surface area contributed by atoms with Crippen LogP contribution in [0, 0.1) is 12.8 Å². The number of amides is 2. The fourth-order valence-electron chi connectivity index (χ4n) is 4.46. The molecule has 160 valence electrons. The Morgan fingerprint density at radius 2 is 1.80 bits per heavy atom. The van der Waals surface area contributed by atoms with Gasteiger partial charge in [-0.2, -0.15) is 0 Å². The highest BCUT2D eigenvalue weighted by atomic mass is 16.5. The van der Waals surface area contributed by atoms with Crippen molar-refractivity contribution in [3.05, 3.63) is 47.9 Å². The Morgan fingerprint density at radius 1 is 1.03 bits per heavy atom. The summed E-state index contributed by atoms with van der Waals surface area (Å²) in [6.07, 6.45) is 3.22. The molecule has 0 N–H and O–H groups in total. The second-order valence-corrected chi connectivity index (χ2v) is 7.96. The standard InChI is InChI=1S/C23H29N3O4/c1-17-19(9-15-30-17)23(28)26-10-5-6-18(16-26)22(27)25-13-11-24(12-14-25)20-7-3-4-8-21(20)29-2/h3-4,7-9,15,18H,5-6,10-14,16H2,1-2H3. The molecule has 0 aliphatic carbocycles. The maximum Gasteiger partial charge on any atom is 0.257 e. The van der Waals surface area contributed by atoms with Gasteiger partial charge in [0.25, 0.3) is 5.91 Å². The van der Waals surface area contributed by atoms with E-state index in [4.69, 9.17) is 9.15 Å². The van der Waals surface area contributed by atoms with Crippen LogP contribution in [0.2, 0.25) is 0 Å². The molecule has 7 heteroatoms. The first kappa shape index (κ1) is 20.3. The Kier molecular flexibility index (Phi) is 5.97. The number of nitrogens with zero attached hydrogens (tertiary/aromatic N) is 3. The Balaban J connectivity index is 1.36. The van der Waals surface area contributed by atoms with Gasteiger partial charge < -0.3 is 23.9 Å². The number of carbonyl (C=O) groups is 2. The SMILES string of the molecule is COc1ccccc1N1CCN(C(=O)C2CCCN(C(=O)c3ccoc3C)C2)CC1. The molecule has 1 aromatic heterocycles. The number of benzene rings is 1. The Morgan fingerprint density at radius 3 is 2.50 bits per heavy atom. The third-order valence-electron chi connectivity index (χ3n) is 6.16. The molecule has 1 unspecified atom stereocenters. The molecule has 1 atom stereocenters. The van der Waals surface area contributed by atoms with Crippen LogP contribution in [0.25, 0.3) is 0 Å². The minimum Gasteiger partial charge on any atom is -0.495 e. The number of furan rings is 1.